The molecule has 0 aliphatic carbocycles. The van der Waals surface area contributed by atoms with E-state index < -0.39 is 5.60 Å². The van der Waals surface area contributed by atoms with Gasteiger partial charge in [0, 0.05) is 19.1 Å². The normalized spacial score (nSPS) is 12.8. The van der Waals surface area contributed by atoms with Crippen LogP contribution in [0.2, 0.25) is 0 Å². The van der Waals surface area contributed by atoms with Crippen LogP contribution in [-0.4, -0.2) is 29.3 Å². The van der Waals surface area contributed by atoms with E-state index in [1.807, 2.05) is 39.0 Å². The van der Waals surface area contributed by atoms with Crippen LogP contribution in [0.3, 0.4) is 0 Å². The van der Waals surface area contributed by atoms with Crippen LogP contribution < -0.4 is 10.6 Å². The topological polar surface area (TPSA) is 63.2 Å². The number of rotatable bonds is 6. The van der Waals surface area contributed by atoms with E-state index >= 15 is 0 Å². The van der Waals surface area contributed by atoms with Gasteiger partial charge in [-0.3, -0.25) is 0 Å². The molecule has 1 rings (SSSR count). The van der Waals surface area contributed by atoms with E-state index in [1.165, 1.54) is 0 Å². The maximum atomic E-state index is 11.6. The van der Waals surface area contributed by atoms with Crippen LogP contribution in [0.5, 0.6) is 0 Å². The van der Waals surface area contributed by atoms with Crippen molar-refractivity contribution in [1.29, 1.82) is 0 Å². The number of pyridine rings is 1. The molecule has 0 aromatic carbocycles. The number of amides is 1. The van der Waals surface area contributed by atoms with Gasteiger partial charge in [0.15, 0.2) is 0 Å². The lowest BCUT2D eigenvalue weighted by Crippen LogP contribution is -2.42. The van der Waals surface area contributed by atoms with E-state index in [0.717, 1.165) is 16.7 Å². The molecule has 1 aromatic rings. The summed E-state index contributed by atoms with van der Waals surface area (Å²) < 4.78 is 6.04. The number of nitrogens with one attached hydrogen (secondary N) is 2. The molecule has 21 heavy (non-hydrogen) atoms. The quantitative estimate of drug-likeness (QED) is 0.767. The smallest absolute Gasteiger partial charge is 0.407 e. The Balaban J connectivity index is 2.36. The molecule has 2 N–H and O–H groups in total. The molecule has 0 spiro atoms. The van der Waals surface area contributed by atoms with Crippen molar-refractivity contribution in [2.75, 3.05) is 6.54 Å². The summed E-state index contributed by atoms with van der Waals surface area (Å²) in [5.41, 5.74) is 0.486. The summed E-state index contributed by atoms with van der Waals surface area (Å²) >= 11 is 3.35. The molecule has 0 aliphatic rings. The van der Waals surface area contributed by atoms with E-state index in [4.69, 9.17) is 4.74 Å². The molecule has 0 aliphatic heterocycles. The fourth-order valence-corrected chi connectivity index (χ4v) is 2.06. The third-order valence-electron chi connectivity index (χ3n) is 2.73. The minimum Gasteiger partial charge on any atom is -0.444 e. The van der Waals surface area contributed by atoms with Crippen LogP contribution in [0.15, 0.2) is 22.8 Å². The molecule has 0 radical (unpaired) electrons. The highest BCUT2D eigenvalue weighted by molar-refractivity contribution is 9.10. The maximum Gasteiger partial charge on any atom is 0.407 e. The van der Waals surface area contributed by atoms with Gasteiger partial charge in [-0.15, -0.1) is 0 Å². The molecular weight excluding hydrogens is 334 g/mol. The summed E-state index contributed by atoms with van der Waals surface area (Å²) in [4.78, 5) is 16.0. The predicted molar refractivity (Wildman–Crippen MR) is 87.1 cm³/mol. The van der Waals surface area contributed by atoms with Crippen molar-refractivity contribution in [3.8, 4) is 0 Å². The first-order valence-corrected chi connectivity index (χ1v) is 7.91. The zero-order valence-electron chi connectivity index (χ0n) is 13.1. The first-order valence-electron chi connectivity index (χ1n) is 7.12. The zero-order chi connectivity index (χ0) is 15.9. The SMILES string of the molecule is CCC(CNC(=O)OC(C)(C)C)NCc1cccc(Br)n1. The van der Waals surface area contributed by atoms with Crippen molar-refractivity contribution in [3.05, 3.63) is 28.5 Å². The van der Waals surface area contributed by atoms with Gasteiger partial charge in [-0.05, 0) is 55.3 Å². The number of carbonyl (C=O) groups excluding carboxylic acids is 1. The second kappa shape index (κ2) is 8.34. The van der Waals surface area contributed by atoms with Gasteiger partial charge in [0.25, 0.3) is 0 Å². The highest BCUT2D eigenvalue weighted by atomic mass is 79.9. The number of halogens is 1. The molecule has 1 aromatic heterocycles. The maximum absolute atomic E-state index is 11.6. The van der Waals surface area contributed by atoms with Gasteiger partial charge in [-0.1, -0.05) is 13.0 Å². The first kappa shape index (κ1) is 17.9. The Labute approximate surface area is 135 Å². The number of aromatic nitrogens is 1. The molecule has 0 bridgehead atoms. The number of nitrogens with zero attached hydrogens (tertiary/aromatic N) is 1. The second-order valence-electron chi connectivity index (χ2n) is 5.82. The Hall–Kier alpha value is -1.14. The molecular formula is C15H24BrN3O2. The van der Waals surface area contributed by atoms with E-state index in [-0.39, 0.29) is 12.1 Å². The van der Waals surface area contributed by atoms with Gasteiger partial charge in [0.2, 0.25) is 0 Å². The second-order valence-corrected chi connectivity index (χ2v) is 6.63. The van der Waals surface area contributed by atoms with Crippen LogP contribution in [0, 0.1) is 0 Å². The third kappa shape index (κ3) is 8.02. The minimum absolute atomic E-state index is 0.179. The average Bonchev–Trinajstić information content (AvgIpc) is 2.37. The third-order valence-corrected chi connectivity index (χ3v) is 3.17. The molecule has 1 heterocycles. The fourth-order valence-electron chi connectivity index (χ4n) is 1.68. The van der Waals surface area contributed by atoms with Gasteiger partial charge in [-0.2, -0.15) is 0 Å². The average molecular weight is 358 g/mol. The molecule has 1 unspecified atom stereocenters. The van der Waals surface area contributed by atoms with E-state index in [1.54, 1.807) is 0 Å². The highest BCUT2D eigenvalue weighted by Gasteiger charge is 2.16. The largest absolute Gasteiger partial charge is 0.444 e. The van der Waals surface area contributed by atoms with Gasteiger partial charge in [0.1, 0.15) is 10.2 Å². The monoisotopic (exact) mass is 357 g/mol. The Morgan fingerprint density at radius 3 is 2.71 bits per heavy atom. The summed E-state index contributed by atoms with van der Waals surface area (Å²) in [6.45, 7) is 8.80. The summed E-state index contributed by atoms with van der Waals surface area (Å²) in [7, 11) is 0. The van der Waals surface area contributed by atoms with Crippen LogP contribution in [0.1, 0.15) is 39.8 Å². The van der Waals surface area contributed by atoms with Crippen molar-refractivity contribution in [2.45, 2.75) is 52.3 Å². The van der Waals surface area contributed by atoms with Gasteiger partial charge < -0.3 is 15.4 Å². The lowest BCUT2D eigenvalue weighted by atomic mass is 10.2. The van der Waals surface area contributed by atoms with Crippen LogP contribution >= 0.6 is 15.9 Å². The van der Waals surface area contributed by atoms with Crippen LogP contribution in [0.25, 0.3) is 0 Å². The number of hydrogen-bond donors (Lipinski definition) is 2. The Morgan fingerprint density at radius 1 is 1.43 bits per heavy atom. The molecule has 1 amide bonds. The molecule has 1 atom stereocenters. The van der Waals surface area contributed by atoms with Crippen molar-refractivity contribution >= 4 is 22.0 Å². The summed E-state index contributed by atoms with van der Waals surface area (Å²) in [5, 5.41) is 6.16. The van der Waals surface area contributed by atoms with Crippen molar-refractivity contribution in [2.24, 2.45) is 0 Å². The number of hydrogen-bond acceptors (Lipinski definition) is 4. The van der Waals surface area contributed by atoms with Crippen molar-refractivity contribution in [1.82, 2.24) is 15.6 Å². The van der Waals surface area contributed by atoms with Gasteiger partial charge >= 0.3 is 6.09 Å². The number of carbonyl (C=O) groups is 1. The van der Waals surface area contributed by atoms with E-state index in [0.29, 0.717) is 13.1 Å². The van der Waals surface area contributed by atoms with E-state index in [2.05, 4.69) is 38.5 Å². The number of alkyl carbamates (subject to hydrolysis) is 1. The van der Waals surface area contributed by atoms with Crippen LogP contribution in [-0.2, 0) is 11.3 Å². The number of ether oxygens (including phenoxy) is 1. The molecule has 6 heteroatoms. The van der Waals surface area contributed by atoms with Crippen molar-refractivity contribution < 1.29 is 9.53 Å². The Kier molecular flexibility index (Phi) is 7.11. The zero-order valence-corrected chi connectivity index (χ0v) is 14.7. The first-order chi connectivity index (χ1) is 9.80. The van der Waals surface area contributed by atoms with Gasteiger partial charge in [0.05, 0.1) is 5.69 Å². The minimum atomic E-state index is -0.473. The molecule has 0 saturated carbocycles. The fraction of sp³-hybridized carbons (Fsp3) is 0.600. The highest BCUT2D eigenvalue weighted by Crippen LogP contribution is 2.07. The summed E-state index contributed by atoms with van der Waals surface area (Å²) in [6.07, 6.45) is 0.521. The lowest BCUT2D eigenvalue weighted by Gasteiger charge is -2.22. The van der Waals surface area contributed by atoms with Crippen LogP contribution in [0.4, 0.5) is 4.79 Å². The Morgan fingerprint density at radius 2 is 2.14 bits per heavy atom. The lowest BCUT2D eigenvalue weighted by molar-refractivity contribution is 0.0522. The van der Waals surface area contributed by atoms with Crippen molar-refractivity contribution in [3.63, 3.8) is 0 Å². The molecule has 0 fully saturated rings. The summed E-state index contributed by atoms with van der Waals surface area (Å²) in [5.74, 6) is 0. The molecule has 5 nitrogen and oxygen atoms in total. The van der Waals surface area contributed by atoms with E-state index in [9.17, 15) is 4.79 Å². The molecule has 0 saturated heterocycles. The van der Waals surface area contributed by atoms with Gasteiger partial charge in [-0.25, -0.2) is 9.78 Å². The Bertz CT molecular complexity index is 460. The molecule has 118 valence electrons. The summed E-state index contributed by atoms with van der Waals surface area (Å²) in [6, 6.07) is 5.99. The standard InChI is InChI=1S/C15H24BrN3O2/c1-5-11(9-18-14(20)21-15(2,3)4)17-10-12-7-6-8-13(16)19-12/h6-8,11,17H,5,9-10H2,1-4H3,(H,18,20). The predicted octanol–water partition coefficient (Wildman–Crippen LogP) is 3.24.